The summed E-state index contributed by atoms with van der Waals surface area (Å²) < 4.78 is 39.7. The van der Waals surface area contributed by atoms with E-state index in [0.29, 0.717) is 5.56 Å². The summed E-state index contributed by atoms with van der Waals surface area (Å²) in [6.07, 6.45) is -6.26. The quantitative estimate of drug-likeness (QED) is 0.648. The molecule has 0 radical (unpaired) electrons. The number of amides is 1. The van der Waals surface area contributed by atoms with E-state index in [1.54, 1.807) is 25.1 Å². The summed E-state index contributed by atoms with van der Waals surface area (Å²) >= 11 is 3.31. The van der Waals surface area contributed by atoms with Crippen molar-refractivity contribution in [1.82, 2.24) is 5.32 Å². The largest absolute Gasteiger partial charge is 0.509 e. The second-order valence-electron chi connectivity index (χ2n) is 6.75. The Morgan fingerprint density at radius 2 is 1.80 bits per heavy atom. The second kappa shape index (κ2) is 5.74. The fraction of sp³-hybridized carbons (Fsp3) is 0.471. The molecule has 3 N–H and O–H groups in total. The molecule has 0 saturated heterocycles. The van der Waals surface area contributed by atoms with Crippen LogP contribution >= 0.6 is 15.9 Å². The van der Waals surface area contributed by atoms with Crippen molar-refractivity contribution >= 4 is 27.4 Å². The predicted octanol–water partition coefficient (Wildman–Crippen LogP) is 3.76. The van der Waals surface area contributed by atoms with Gasteiger partial charge in [0, 0.05) is 4.47 Å². The standard InChI is InChI=1S/C17H17BrF3NO3/c1-9-2-3-10(18)8-11(9)12-13(23)15(22-14(12)24)4-6-16(25,7-5-15)17(19,20)21/h2-3,8,23,25H,4-7H2,1H3,(H,22,24)/t15-,16-. The Morgan fingerprint density at radius 1 is 1.20 bits per heavy atom. The molecule has 1 amide bonds. The highest BCUT2D eigenvalue weighted by Gasteiger charge is 2.59. The van der Waals surface area contributed by atoms with Crippen molar-refractivity contribution in [2.75, 3.05) is 0 Å². The Kier molecular flexibility index (Phi) is 4.19. The molecule has 0 atom stereocenters. The van der Waals surface area contributed by atoms with Gasteiger partial charge in [-0.3, -0.25) is 4.79 Å². The lowest BCUT2D eigenvalue weighted by molar-refractivity contribution is -0.272. The van der Waals surface area contributed by atoms with Crippen LogP contribution in [0.2, 0.25) is 0 Å². The lowest BCUT2D eigenvalue weighted by atomic mass is 9.73. The van der Waals surface area contributed by atoms with Crippen molar-refractivity contribution in [2.45, 2.75) is 49.9 Å². The zero-order valence-electron chi connectivity index (χ0n) is 13.4. The van der Waals surface area contributed by atoms with Gasteiger partial charge in [0.05, 0.1) is 11.1 Å². The summed E-state index contributed by atoms with van der Waals surface area (Å²) in [6.45, 7) is 1.78. The first-order chi connectivity index (χ1) is 11.5. The van der Waals surface area contributed by atoms with E-state index in [4.69, 9.17) is 0 Å². The summed E-state index contributed by atoms with van der Waals surface area (Å²) in [4.78, 5) is 12.5. The normalized spacial score (nSPS) is 30.1. The molecular formula is C17H17BrF3NO3. The fourth-order valence-electron chi connectivity index (χ4n) is 3.53. The molecule has 1 aromatic carbocycles. The van der Waals surface area contributed by atoms with E-state index < -0.39 is 36.1 Å². The van der Waals surface area contributed by atoms with Crippen LogP contribution in [0.1, 0.15) is 36.8 Å². The van der Waals surface area contributed by atoms with E-state index in [9.17, 15) is 28.2 Å². The number of carbonyl (C=O) groups excluding carboxylic acids is 1. The maximum Gasteiger partial charge on any atom is 0.417 e. The highest BCUT2D eigenvalue weighted by Crippen LogP contribution is 2.49. The van der Waals surface area contributed by atoms with Crippen molar-refractivity contribution in [1.29, 1.82) is 0 Å². The third kappa shape index (κ3) is 2.85. The van der Waals surface area contributed by atoms with Crippen molar-refractivity contribution < 1.29 is 28.2 Å². The number of benzene rings is 1. The van der Waals surface area contributed by atoms with E-state index in [-0.39, 0.29) is 24.2 Å². The average molecular weight is 420 g/mol. The number of aryl methyl sites for hydroxylation is 1. The number of alkyl halides is 3. The van der Waals surface area contributed by atoms with Gasteiger partial charge in [-0.1, -0.05) is 22.0 Å². The second-order valence-corrected chi connectivity index (χ2v) is 7.66. The number of aliphatic hydroxyl groups excluding tert-OH is 1. The van der Waals surface area contributed by atoms with Crippen LogP contribution in [-0.4, -0.2) is 33.4 Å². The molecule has 1 saturated carbocycles. The smallest absolute Gasteiger partial charge is 0.417 e. The summed E-state index contributed by atoms with van der Waals surface area (Å²) in [6, 6.07) is 5.26. The summed E-state index contributed by atoms with van der Waals surface area (Å²) in [5.74, 6) is -0.765. The number of hydrogen-bond acceptors (Lipinski definition) is 3. The van der Waals surface area contributed by atoms with Crippen LogP contribution in [0.15, 0.2) is 28.4 Å². The molecule has 25 heavy (non-hydrogen) atoms. The van der Waals surface area contributed by atoms with Gasteiger partial charge in [0.25, 0.3) is 5.91 Å². The van der Waals surface area contributed by atoms with E-state index in [1.165, 1.54) is 0 Å². The van der Waals surface area contributed by atoms with Crippen LogP contribution in [0.3, 0.4) is 0 Å². The molecule has 1 spiro atoms. The Hall–Kier alpha value is -1.54. The van der Waals surface area contributed by atoms with E-state index in [1.807, 2.05) is 0 Å². The van der Waals surface area contributed by atoms with Gasteiger partial charge in [0.1, 0.15) is 5.76 Å². The third-order valence-electron chi connectivity index (χ3n) is 5.20. The van der Waals surface area contributed by atoms with Gasteiger partial charge >= 0.3 is 6.18 Å². The molecule has 8 heteroatoms. The summed E-state index contributed by atoms with van der Waals surface area (Å²) in [5, 5.41) is 23.2. The number of rotatable bonds is 1. The van der Waals surface area contributed by atoms with Crippen molar-refractivity contribution in [3.8, 4) is 0 Å². The molecule has 0 bridgehead atoms. The molecule has 3 rings (SSSR count). The van der Waals surface area contributed by atoms with Gasteiger partial charge in [-0.25, -0.2) is 0 Å². The maximum absolute atomic E-state index is 13.0. The molecule has 2 aliphatic rings. The Morgan fingerprint density at radius 3 is 2.36 bits per heavy atom. The molecule has 0 aromatic heterocycles. The van der Waals surface area contributed by atoms with Gasteiger partial charge in [-0.15, -0.1) is 0 Å². The molecule has 136 valence electrons. The maximum atomic E-state index is 13.0. The van der Waals surface area contributed by atoms with Crippen molar-refractivity contribution in [2.24, 2.45) is 0 Å². The minimum atomic E-state index is -4.74. The monoisotopic (exact) mass is 419 g/mol. The van der Waals surface area contributed by atoms with Gasteiger partial charge in [-0.05, 0) is 55.9 Å². The van der Waals surface area contributed by atoms with Crippen LogP contribution in [0, 0.1) is 6.92 Å². The van der Waals surface area contributed by atoms with Gasteiger partial charge in [0.15, 0.2) is 5.60 Å². The first-order valence-corrected chi connectivity index (χ1v) is 8.60. The summed E-state index contributed by atoms with van der Waals surface area (Å²) in [7, 11) is 0. The summed E-state index contributed by atoms with van der Waals surface area (Å²) in [5.41, 5.74) is -2.66. The zero-order valence-corrected chi connectivity index (χ0v) is 15.0. The molecule has 1 aromatic rings. The molecule has 1 heterocycles. The first kappa shape index (κ1) is 18.3. The molecule has 4 nitrogen and oxygen atoms in total. The van der Waals surface area contributed by atoms with Crippen molar-refractivity contribution in [3.05, 3.63) is 39.6 Å². The Balaban J connectivity index is 1.98. The topological polar surface area (TPSA) is 69.6 Å². The highest BCUT2D eigenvalue weighted by atomic mass is 79.9. The Bertz CT molecular complexity index is 765. The van der Waals surface area contributed by atoms with Gasteiger partial charge in [0.2, 0.25) is 0 Å². The highest BCUT2D eigenvalue weighted by molar-refractivity contribution is 9.10. The molecule has 1 fully saturated rings. The SMILES string of the molecule is Cc1ccc(Br)cc1C1=C(O)[C@]2(CC[C@](O)(C(F)(F)F)CC2)NC1=O. The lowest BCUT2D eigenvalue weighted by Gasteiger charge is -2.42. The third-order valence-corrected chi connectivity index (χ3v) is 5.69. The molecule has 1 aliphatic heterocycles. The first-order valence-electron chi connectivity index (χ1n) is 7.81. The van der Waals surface area contributed by atoms with Crippen LogP contribution < -0.4 is 5.32 Å². The Labute approximate surface area is 150 Å². The van der Waals surface area contributed by atoms with Crippen LogP contribution in [0.4, 0.5) is 13.2 Å². The minimum Gasteiger partial charge on any atom is -0.509 e. The van der Waals surface area contributed by atoms with E-state index >= 15 is 0 Å². The fourth-order valence-corrected chi connectivity index (χ4v) is 3.90. The minimum absolute atomic E-state index is 0.0799. The average Bonchev–Trinajstić information content (AvgIpc) is 2.75. The predicted molar refractivity (Wildman–Crippen MR) is 88.8 cm³/mol. The lowest BCUT2D eigenvalue weighted by Crippen LogP contribution is -2.56. The van der Waals surface area contributed by atoms with Crippen LogP contribution in [0.5, 0.6) is 0 Å². The molecular weight excluding hydrogens is 403 g/mol. The zero-order chi connectivity index (χ0) is 18.6. The van der Waals surface area contributed by atoms with E-state index in [0.717, 1.165) is 10.0 Å². The van der Waals surface area contributed by atoms with Gasteiger partial charge in [-0.2, -0.15) is 13.2 Å². The number of hydrogen-bond donors (Lipinski definition) is 3. The van der Waals surface area contributed by atoms with Crippen LogP contribution in [0.25, 0.3) is 5.57 Å². The number of aliphatic hydroxyl groups is 2. The van der Waals surface area contributed by atoms with E-state index in [2.05, 4.69) is 21.2 Å². The van der Waals surface area contributed by atoms with Gasteiger partial charge < -0.3 is 15.5 Å². The molecule has 0 unspecified atom stereocenters. The molecule has 1 aliphatic carbocycles. The van der Waals surface area contributed by atoms with Crippen molar-refractivity contribution in [3.63, 3.8) is 0 Å². The number of nitrogens with one attached hydrogen (secondary N) is 1. The van der Waals surface area contributed by atoms with Crippen LogP contribution in [-0.2, 0) is 4.79 Å². The number of carbonyl (C=O) groups is 1. The number of halogens is 4.